The lowest BCUT2D eigenvalue weighted by atomic mass is 9.92. The van der Waals surface area contributed by atoms with Crippen LogP contribution in [0.2, 0.25) is 0 Å². The number of pyridine rings is 1. The Kier molecular flexibility index (Phi) is 6.47. The SMILES string of the molecule is O=C(N[C@@H]1CCCC[C@H]1O)c1cnc(OCc2ccccn2)c(-c2ccc(F)cc2)n1. The summed E-state index contributed by atoms with van der Waals surface area (Å²) in [5, 5.41) is 13.0. The van der Waals surface area contributed by atoms with Gasteiger partial charge in [0.15, 0.2) is 0 Å². The summed E-state index contributed by atoms with van der Waals surface area (Å²) in [5.74, 6) is -0.586. The molecule has 1 fully saturated rings. The molecular weight excluding hydrogens is 399 g/mol. The van der Waals surface area contributed by atoms with Crippen LogP contribution in [0.15, 0.2) is 54.9 Å². The van der Waals surface area contributed by atoms with E-state index in [9.17, 15) is 14.3 Å². The van der Waals surface area contributed by atoms with Gasteiger partial charge in [-0.15, -0.1) is 0 Å². The normalized spacial score (nSPS) is 18.4. The molecule has 1 amide bonds. The first-order chi connectivity index (χ1) is 15.1. The Morgan fingerprint density at radius 1 is 1.13 bits per heavy atom. The van der Waals surface area contributed by atoms with E-state index >= 15 is 0 Å². The summed E-state index contributed by atoms with van der Waals surface area (Å²) in [7, 11) is 0. The van der Waals surface area contributed by atoms with Gasteiger partial charge < -0.3 is 15.2 Å². The fourth-order valence-electron chi connectivity index (χ4n) is 3.54. The van der Waals surface area contributed by atoms with Gasteiger partial charge in [-0.2, -0.15) is 0 Å². The van der Waals surface area contributed by atoms with Crippen LogP contribution in [-0.2, 0) is 6.61 Å². The van der Waals surface area contributed by atoms with Gasteiger partial charge in [0, 0.05) is 11.8 Å². The van der Waals surface area contributed by atoms with Gasteiger partial charge >= 0.3 is 0 Å². The second-order valence-electron chi connectivity index (χ2n) is 7.46. The number of aromatic nitrogens is 3. The zero-order valence-electron chi connectivity index (χ0n) is 16.9. The van der Waals surface area contributed by atoms with Gasteiger partial charge in [0.1, 0.15) is 23.8 Å². The molecule has 1 aliphatic rings. The standard InChI is InChI=1S/C23H23FN4O3/c24-16-10-8-15(9-11-16)21-23(31-14-17-5-3-4-12-25-17)26-13-19(27-21)22(30)28-18-6-1-2-7-20(18)29/h3-5,8-13,18,20,29H,1-2,6-7,14H2,(H,28,30)/t18-,20-/m1/s1. The molecule has 7 nitrogen and oxygen atoms in total. The topological polar surface area (TPSA) is 97.2 Å². The molecule has 0 radical (unpaired) electrons. The molecule has 2 atom stereocenters. The van der Waals surface area contributed by atoms with E-state index in [0.29, 0.717) is 23.4 Å². The minimum Gasteiger partial charge on any atom is -0.470 e. The molecule has 1 aliphatic carbocycles. The predicted octanol–water partition coefficient (Wildman–Crippen LogP) is 3.29. The molecule has 31 heavy (non-hydrogen) atoms. The second-order valence-corrected chi connectivity index (χ2v) is 7.46. The summed E-state index contributed by atoms with van der Waals surface area (Å²) in [6.07, 6.45) is 5.72. The van der Waals surface area contributed by atoms with Gasteiger partial charge in [-0.3, -0.25) is 9.78 Å². The van der Waals surface area contributed by atoms with E-state index in [-0.39, 0.29) is 30.0 Å². The molecule has 4 rings (SSSR count). The Balaban J connectivity index is 1.59. The molecule has 2 N–H and O–H groups in total. The summed E-state index contributed by atoms with van der Waals surface area (Å²) in [4.78, 5) is 25.7. The smallest absolute Gasteiger partial charge is 0.271 e. The number of nitrogens with one attached hydrogen (secondary N) is 1. The molecule has 2 heterocycles. The van der Waals surface area contributed by atoms with Gasteiger partial charge in [-0.1, -0.05) is 18.9 Å². The number of amides is 1. The van der Waals surface area contributed by atoms with Crippen LogP contribution >= 0.6 is 0 Å². The van der Waals surface area contributed by atoms with Crippen LogP contribution < -0.4 is 10.1 Å². The Morgan fingerprint density at radius 3 is 2.68 bits per heavy atom. The van der Waals surface area contributed by atoms with E-state index in [0.717, 1.165) is 19.3 Å². The quantitative estimate of drug-likeness (QED) is 0.633. The van der Waals surface area contributed by atoms with E-state index in [1.165, 1.54) is 18.3 Å². The predicted molar refractivity (Wildman–Crippen MR) is 112 cm³/mol. The maximum Gasteiger partial charge on any atom is 0.271 e. The van der Waals surface area contributed by atoms with Gasteiger partial charge in [-0.05, 0) is 49.2 Å². The number of hydrogen-bond donors (Lipinski definition) is 2. The fraction of sp³-hybridized carbons (Fsp3) is 0.304. The first kappa shape index (κ1) is 20.9. The second kappa shape index (κ2) is 9.61. The molecule has 2 aromatic heterocycles. The van der Waals surface area contributed by atoms with Crippen molar-refractivity contribution >= 4 is 5.91 Å². The van der Waals surface area contributed by atoms with Crippen molar-refractivity contribution in [3.8, 4) is 17.1 Å². The van der Waals surface area contributed by atoms with Crippen molar-refractivity contribution in [1.82, 2.24) is 20.3 Å². The van der Waals surface area contributed by atoms with Crippen LogP contribution in [0.3, 0.4) is 0 Å². The molecule has 1 saturated carbocycles. The van der Waals surface area contributed by atoms with E-state index in [1.807, 2.05) is 18.2 Å². The lowest BCUT2D eigenvalue weighted by Gasteiger charge is -2.28. The Morgan fingerprint density at radius 2 is 1.94 bits per heavy atom. The van der Waals surface area contributed by atoms with Crippen LogP contribution in [0, 0.1) is 5.82 Å². The summed E-state index contributed by atoms with van der Waals surface area (Å²) < 4.78 is 19.2. The van der Waals surface area contributed by atoms with Crippen molar-refractivity contribution in [3.63, 3.8) is 0 Å². The number of ether oxygens (including phenoxy) is 1. The highest BCUT2D eigenvalue weighted by Crippen LogP contribution is 2.27. The molecule has 0 saturated heterocycles. The van der Waals surface area contributed by atoms with Crippen molar-refractivity contribution in [1.29, 1.82) is 0 Å². The van der Waals surface area contributed by atoms with E-state index in [2.05, 4.69) is 20.3 Å². The highest BCUT2D eigenvalue weighted by atomic mass is 19.1. The Hall–Kier alpha value is -3.39. The third kappa shape index (κ3) is 5.21. The van der Waals surface area contributed by atoms with Crippen LogP contribution in [0.4, 0.5) is 4.39 Å². The van der Waals surface area contributed by atoms with Crippen LogP contribution in [0.25, 0.3) is 11.3 Å². The number of hydrogen-bond acceptors (Lipinski definition) is 6. The summed E-state index contributed by atoms with van der Waals surface area (Å²) in [6.45, 7) is 0.170. The van der Waals surface area contributed by atoms with Gasteiger partial charge in [0.2, 0.25) is 5.88 Å². The first-order valence-electron chi connectivity index (χ1n) is 10.2. The van der Waals surface area contributed by atoms with Crippen molar-refractivity contribution in [2.24, 2.45) is 0 Å². The molecule has 3 aromatic rings. The Bertz CT molecular complexity index is 1030. The number of carbonyl (C=O) groups is 1. The minimum absolute atomic E-state index is 0.0993. The average Bonchev–Trinajstić information content (AvgIpc) is 2.80. The number of rotatable bonds is 6. The number of halogens is 1. The van der Waals surface area contributed by atoms with Crippen LogP contribution in [0.5, 0.6) is 5.88 Å². The third-order valence-corrected chi connectivity index (χ3v) is 5.22. The molecule has 0 unspecified atom stereocenters. The molecule has 1 aromatic carbocycles. The summed E-state index contributed by atoms with van der Waals surface area (Å²) >= 11 is 0. The number of benzene rings is 1. The maximum atomic E-state index is 13.4. The fourth-order valence-corrected chi connectivity index (χ4v) is 3.54. The summed E-state index contributed by atoms with van der Waals surface area (Å²) in [6, 6.07) is 10.9. The van der Waals surface area contributed by atoms with E-state index in [4.69, 9.17) is 4.74 Å². The van der Waals surface area contributed by atoms with Crippen LogP contribution in [0.1, 0.15) is 41.9 Å². The minimum atomic E-state index is -0.566. The number of aliphatic hydroxyl groups excluding tert-OH is 1. The van der Waals surface area contributed by atoms with Crippen LogP contribution in [-0.4, -0.2) is 38.1 Å². The average molecular weight is 422 g/mol. The molecule has 0 spiro atoms. The largest absolute Gasteiger partial charge is 0.470 e. The lowest BCUT2D eigenvalue weighted by molar-refractivity contribution is 0.0713. The molecule has 0 bridgehead atoms. The van der Waals surface area contributed by atoms with Gasteiger partial charge in [0.25, 0.3) is 5.91 Å². The molecule has 8 heteroatoms. The van der Waals surface area contributed by atoms with Crippen molar-refractivity contribution < 1.29 is 19.0 Å². The van der Waals surface area contributed by atoms with Crippen molar-refractivity contribution in [2.75, 3.05) is 0 Å². The zero-order valence-corrected chi connectivity index (χ0v) is 16.9. The maximum absolute atomic E-state index is 13.4. The first-order valence-corrected chi connectivity index (χ1v) is 10.2. The summed E-state index contributed by atoms with van der Waals surface area (Å²) in [5.41, 5.74) is 1.70. The molecular formula is C23H23FN4O3. The molecule has 160 valence electrons. The monoisotopic (exact) mass is 422 g/mol. The van der Waals surface area contributed by atoms with Gasteiger partial charge in [-0.25, -0.2) is 14.4 Å². The van der Waals surface area contributed by atoms with E-state index < -0.39 is 12.0 Å². The highest BCUT2D eigenvalue weighted by molar-refractivity contribution is 5.93. The third-order valence-electron chi connectivity index (χ3n) is 5.22. The van der Waals surface area contributed by atoms with Crippen molar-refractivity contribution in [2.45, 2.75) is 44.4 Å². The number of nitrogens with zero attached hydrogens (tertiary/aromatic N) is 3. The number of carbonyl (C=O) groups excluding carboxylic acids is 1. The number of aliphatic hydroxyl groups is 1. The zero-order chi connectivity index (χ0) is 21.6. The van der Waals surface area contributed by atoms with Gasteiger partial charge in [0.05, 0.1) is 24.0 Å². The highest BCUT2D eigenvalue weighted by Gasteiger charge is 2.26. The Labute approximate surface area is 179 Å². The van der Waals surface area contributed by atoms with E-state index in [1.54, 1.807) is 18.3 Å². The lowest BCUT2D eigenvalue weighted by Crippen LogP contribution is -2.45. The van der Waals surface area contributed by atoms with Crippen molar-refractivity contribution in [3.05, 3.63) is 72.1 Å². The molecule has 0 aliphatic heterocycles.